The molecule has 0 radical (unpaired) electrons. The van der Waals surface area contributed by atoms with Crippen molar-refractivity contribution in [2.24, 2.45) is 0 Å². The fraction of sp³-hybridized carbons (Fsp3) is 1.00. The van der Waals surface area contributed by atoms with Gasteiger partial charge in [0.25, 0.3) is 0 Å². The molecule has 0 bridgehead atoms. The zero-order valence-electron chi connectivity index (χ0n) is 9.74. The van der Waals surface area contributed by atoms with Crippen LogP contribution in [0.2, 0.25) is 0 Å². The Labute approximate surface area is 102 Å². The summed E-state index contributed by atoms with van der Waals surface area (Å²) < 4.78 is 11.5. The Balaban J connectivity index is 1.49. The summed E-state index contributed by atoms with van der Waals surface area (Å²) in [6, 6.07) is 1.36. The van der Waals surface area contributed by atoms with Gasteiger partial charge in [0.05, 0.1) is 13.2 Å². The first-order valence-corrected chi connectivity index (χ1v) is 7.64. The average Bonchev–Trinajstić information content (AvgIpc) is 2.92. The molecule has 3 nitrogen and oxygen atoms in total. The number of hydrogen-bond acceptors (Lipinski definition) is 4. The molecule has 0 aromatic carbocycles. The van der Waals surface area contributed by atoms with E-state index >= 15 is 0 Å². The Morgan fingerprint density at radius 1 is 1.00 bits per heavy atom. The van der Waals surface area contributed by atoms with Gasteiger partial charge in [-0.2, -0.15) is 11.8 Å². The fourth-order valence-corrected chi connectivity index (χ4v) is 4.18. The third-order valence-corrected chi connectivity index (χ3v) is 4.99. The minimum Gasteiger partial charge on any atom is -0.347 e. The molecule has 3 fully saturated rings. The van der Waals surface area contributed by atoms with Gasteiger partial charge >= 0.3 is 0 Å². The number of ether oxygens (including phenoxy) is 2. The maximum Gasteiger partial charge on any atom is 0.170 e. The predicted molar refractivity (Wildman–Crippen MR) is 65.8 cm³/mol. The summed E-state index contributed by atoms with van der Waals surface area (Å²) in [5.74, 6) is 2.44. The van der Waals surface area contributed by atoms with E-state index in [2.05, 4.69) is 17.1 Å². The van der Waals surface area contributed by atoms with Gasteiger partial charge in [0.2, 0.25) is 0 Å². The minimum atomic E-state index is -0.207. The minimum absolute atomic E-state index is 0.207. The van der Waals surface area contributed by atoms with E-state index in [0.717, 1.165) is 32.1 Å². The van der Waals surface area contributed by atoms with Gasteiger partial charge in [-0.25, -0.2) is 0 Å². The van der Waals surface area contributed by atoms with Crippen molar-refractivity contribution in [1.82, 2.24) is 5.32 Å². The van der Waals surface area contributed by atoms with E-state index in [1.165, 1.54) is 30.8 Å². The molecule has 92 valence electrons. The van der Waals surface area contributed by atoms with Crippen LogP contribution in [-0.2, 0) is 9.47 Å². The zero-order chi connectivity index (χ0) is 10.8. The summed E-state index contributed by atoms with van der Waals surface area (Å²) in [7, 11) is 0. The molecule has 2 aliphatic heterocycles. The van der Waals surface area contributed by atoms with Gasteiger partial charge in [0.1, 0.15) is 0 Å². The second kappa shape index (κ2) is 4.84. The number of hydrogen-bond donors (Lipinski definition) is 1. The SMILES string of the molecule is C1COC2(CCC(NC3CCSCC3)C2)O1. The lowest BCUT2D eigenvalue weighted by Crippen LogP contribution is -2.40. The summed E-state index contributed by atoms with van der Waals surface area (Å²) in [4.78, 5) is 0. The lowest BCUT2D eigenvalue weighted by atomic mass is 10.1. The molecule has 3 aliphatic rings. The summed E-state index contributed by atoms with van der Waals surface area (Å²) in [6.07, 6.45) is 6.00. The molecule has 3 rings (SSSR count). The zero-order valence-corrected chi connectivity index (χ0v) is 10.6. The van der Waals surface area contributed by atoms with Gasteiger partial charge in [-0.3, -0.25) is 0 Å². The largest absolute Gasteiger partial charge is 0.347 e. The van der Waals surface area contributed by atoms with E-state index in [1.807, 2.05) is 0 Å². The molecule has 1 atom stereocenters. The molecule has 0 aromatic rings. The first-order chi connectivity index (χ1) is 7.86. The van der Waals surface area contributed by atoms with Crippen molar-refractivity contribution < 1.29 is 9.47 Å². The van der Waals surface area contributed by atoms with Gasteiger partial charge in [0, 0.05) is 24.9 Å². The van der Waals surface area contributed by atoms with E-state index in [-0.39, 0.29) is 5.79 Å². The van der Waals surface area contributed by atoms with Gasteiger partial charge in [-0.05, 0) is 30.8 Å². The Morgan fingerprint density at radius 2 is 1.75 bits per heavy atom. The van der Waals surface area contributed by atoms with Gasteiger partial charge in [0.15, 0.2) is 5.79 Å². The Bertz CT molecular complexity index is 237. The Morgan fingerprint density at radius 3 is 2.50 bits per heavy atom. The smallest absolute Gasteiger partial charge is 0.170 e. The van der Waals surface area contributed by atoms with Crippen molar-refractivity contribution in [2.75, 3.05) is 24.7 Å². The van der Waals surface area contributed by atoms with Gasteiger partial charge < -0.3 is 14.8 Å². The average molecular weight is 243 g/mol. The first kappa shape index (κ1) is 11.3. The van der Waals surface area contributed by atoms with Crippen LogP contribution in [0.25, 0.3) is 0 Å². The maximum atomic E-state index is 5.75. The molecule has 0 aromatic heterocycles. The molecule has 4 heteroatoms. The molecule has 2 saturated heterocycles. The Kier molecular flexibility index (Phi) is 3.43. The van der Waals surface area contributed by atoms with Crippen molar-refractivity contribution in [2.45, 2.75) is 50.0 Å². The van der Waals surface area contributed by atoms with Crippen molar-refractivity contribution in [3.8, 4) is 0 Å². The quantitative estimate of drug-likeness (QED) is 0.800. The van der Waals surface area contributed by atoms with Crippen LogP contribution in [-0.4, -0.2) is 42.6 Å². The first-order valence-electron chi connectivity index (χ1n) is 6.48. The molecule has 2 heterocycles. The van der Waals surface area contributed by atoms with Crippen LogP contribution in [0.5, 0.6) is 0 Å². The van der Waals surface area contributed by atoms with Gasteiger partial charge in [-0.15, -0.1) is 0 Å². The summed E-state index contributed by atoms with van der Waals surface area (Å²) in [5, 5.41) is 3.80. The molecule has 16 heavy (non-hydrogen) atoms. The molecule has 0 amide bonds. The molecule has 1 saturated carbocycles. The molecule has 1 spiro atoms. The van der Waals surface area contributed by atoms with Crippen LogP contribution in [0.15, 0.2) is 0 Å². The van der Waals surface area contributed by atoms with Crippen molar-refractivity contribution in [3.05, 3.63) is 0 Å². The Hall–Kier alpha value is 0.230. The maximum absolute atomic E-state index is 5.75. The van der Waals surface area contributed by atoms with Crippen molar-refractivity contribution >= 4 is 11.8 Å². The number of rotatable bonds is 2. The van der Waals surface area contributed by atoms with Crippen molar-refractivity contribution in [1.29, 1.82) is 0 Å². The number of thioether (sulfide) groups is 1. The van der Waals surface area contributed by atoms with E-state index in [9.17, 15) is 0 Å². The molecule has 1 aliphatic carbocycles. The standard InChI is InChI=1S/C12H21NO2S/c1-4-12(14-5-6-15-12)9-11(1)13-10-2-7-16-8-3-10/h10-11,13H,1-9H2. The normalized spacial score (nSPS) is 34.9. The second-order valence-corrected chi connectivity index (χ2v) is 6.33. The van der Waals surface area contributed by atoms with E-state index in [1.54, 1.807) is 0 Å². The van der Waals surface area contributed by atoms with E-state index in [4.69, 9.17) is 9.47 Å². The monoisotopic (exact) mass is 243 g/mol. The topological polar surface area (TPSA) is 30.5 Å². The van der Waals surface area contributed by atoms with Crippen LogP contribution in [0.1, 0.15) is 32.1 Å². The van der Waals surface area contributed by atoms with E-state index in [0.29, 0.717) is 6.04 Å². The number of nitrogens with one attached hydrogen (secondary N) is 1. The lowest BCUT2D eigenvalue weighted by Gasteiger charge is -2.27. The molecule has 1 N–H and O–H groups in total. The highest BCUT2D eigenvalue weighted by atomic mass is 32.2. The van der Waals surface area contributed by atoms with Crippen LogP contribution < -0.4 is 5.32 Å². The van der Waals surface area contributed by atoms with Crippen LogP contribution >= 0.6 is 11.8 Å². The summed E-state index contributed by atoms with van der Waals surface area (Å²) in [5.41, 5.74) is 0. The van der Waals surface area contributed by atoms with Crippen molar-refractivity contribution in [3.63, 3.8) is 0 Å². The second-order valence-electron chi connectivity index (χ2n) is 5.10. The predicted octanol–water partition coefficient (Wildman–Crippen LogP) is 1.77. The third kappa shape index (κ3) is 2.40. The molecule has 1 unspecified atom stereocenters. The molecular formula is C12H21NO2S. The highest BCUT2D eigenvalue weighted by Gasteiger charge is 2.44. The van der Waals surface area contributed by atoms with Crippen LogP contribution in [0.4, 0.5) is 0 Å². The summed E-state index contributed by atoms with van der Waals surface area (Å²) in [6.45, 7) is 1.57. The highest BCUT2D eigenvalue weighted by molar-refractivity contribution is 7.99. The van der Waals surface area contributed by atoms with Gasteiger partial charge in [-0.1, -0.05) is 0 Å². The molecular weight excluding hydrogens is 222 g/mol. The lowest BCUT2D eigenvalue weighted by molar-refractivity contribution is -0.151. The van der Waals surface area contributed by atoms with Crippen LogP contribution in [0.3, 0.4) is 0 Å². The van der Waals surface area contributed by atoms with E-state index < -0.39 is 0 Å². The highest BCUT2D eigenvalue weighted by Crippen LogP contribution is 2.37. The van der Waals surface area contributed by atoms with Crippen LogP contribution in [0, 0.1) is 0 Å². The summed E-state index contributed by atoms with van der Waals surface area (Å²) >= 11 is 2.09. The third-order valence-electron chi connectivity index (χ3n) is 3.94. The fourth-order valence-electron chi connectivity index (χ4n) is 3.07.